The number of allylic oxidation sites excluding steroid dienone is 1. The third kappa shape index (κ3) is 2.11. The molecule has 2 aromatic heterocycles. The van der Waals surface area contributed by atoms with E-state index >= 15 is 0 Å². The number of ketones is 1. The van der Waals surface area contributed by atoms with Crippen molar-refractivity contribution in [3.05, 3.63) is 53.2 Å². The predicted molar refractivity (Wildman–Crippen MR) is 76.2 cm³/mol. The van der Waals surface area contributed by atoms with Crippen molar-refractivity contribution in [1.29, 1.82) is 0 Å². The van der Waals surface area contributed by atoms with Crippen LogP contribution < -0.4 is 0 Å². The lowest BCUT2D eigenvalue weighted by atomic mass is 10.0. The van der Waals surface area contributed by atoms with E-state index in [2.05, 4.69) is 0 Å². The molecular formula is C16H15NO4. The summed E-state index contributed by atoms with van der Waals surface area (Å²) in [6.07, 6.45) is 6.15. The maximum absolute atomic E-state index is 12.6. The van der Waals surface area contributed by atoms with Crippen LogP contribution in [0.4, 0.5) is 0 Å². The molecule has 0 bridgehead atoms. The Morgan fingerprint density at radius 3 is 2.86 bits per heavy atom. The van der Waals surface area contributed by atoms with Gasteiger partial charge in [-0.05, 0) is 30.2 Å². The number of fused-ring (bicyclic) bond motifs is 1. The highest BCUT2D eigenvalue weighted by molar-refractivity contribution is 6.17. The molecule has 0 aliphatic carbocycles. The van der Waals surface area contributed by atoms with Crippen molar-refractivity contribution in [1.82, 2.24) is 4.57 Å². The Morgan fingerprint density at radius 1 is 1.43 bits per heavy atom. The maximum Gasteiger partial charge on any atom is 0.337 e. The van der Waals surface area contributed by atoms with E-state index in [1.807, 2.05) is 13.0 Å². The number of carboxylic acid groups (broad SMARTS) is 1. The van der Waals surface area contributed by atoms with Crippen LogP contribution in [0.15, 0.2) is 35.2 Å². The van der Waals surface area contributed by atoms with Crippen LogP contribution in [0, 0.1) is 0 Å². The van der Waals surface area contributed by atoms with Gasteiger partial charge in [0.2, 0.25) is 5.78 Å². The van der Waals surface area contributed by atoms with Crippen LogP contribution in [0.3, 0.4) is 0 Å². The summed E-state index contributed by atoms with van der Waals surface area (Å²) in [4.78, 5) is 23.9. The third-order valence-electron chi connectivity index (χ3n) is 3.68. The first kappa shape index (κ1) is 13.4. The number of aliphatic carboxylic acids is 1. The predicted octanol–water partition coefficient (Wildman–Crippen LogP) is 2.75. The van der Waals surface area contributed by atoms with Crippen molar-refractivity contribution in [3.63, 3.8) is 0 Å². The first-order valence-corrected chi connectivity index (χ1v) is 6.86. The number of aryl methyl sites for hydroxylation is 1. The standard InChI is InChI=1S/C16H15NO4/c1-2-3-10-8-13-12(16(19)20)4-6-17(13)14(10)15(18)11-5-7-21-9-11/h4-5,7-9H,2-3,6H2,1H3,(H,19,20). The van der Waals surface area contributed by atoms with Crippen molar-refractivity contribution in [2.24, 2.45) is 0 Å². The lowest BCUT2D eigenvalue weighted by Crippen LogP contribution is -2.11. The number of rotatable bonds is 5. The molecule has 3 heterocycles. The molecule has 2 aromatic rings. The maximum atomic E-state index is 12.6. The molecule has 0 saturated carbocycles. The van der Waals surface area contributed by atoms with Crippen LogP contribution in [-0.4, -0.2) is 21.4 Å². The number of aromatic nitrogens is 1. The van der Waals surface area contributed by atoms with Gasteiger partial charge in [0.1, 0.15) is 6.26 Å². The monoisotopic (exact) mass is 285 g/mol. The summed E-state index contributed by atoms with van der Waals surface area (Å²) in [6.45, 7) is 2.45. The Hall–Kier alpha value is -2.56. The van der Waals surface area contributed by atoms with E-state index in [1.165, 1.54) is 12.5 Å². The van der Waals surface area contributed by atoms with Crippen molar-refractivity contribution < 1.29 is 19.1 Å². The number of furan rings is 1. The van der Waals surface area contributed by atoms with Gasteiger partial charge >= 0.3 is 5.97 Å². The average molecular weight is 285 g/mol. The van der Waals surface area contributed by atoms with Crippen LogP contribution in [-0.2, 0) is 17.8 Å². The molecule has 1 aliphatic rings. The number of nitrogens with zero attached hydrogens (tertiary/aromatic N) is 1. The molecule has 21 heavy (non-hydrogen) atoms. The number of carboxylic acids is 1. The second-order valence-electron chi connectivity index (χ2n) is 5.03. The second kappa shape index (κ2) is 5.09. The highest BCUT2D eigenvalue weighted by Crippen LogP contribution is 2.30. The van der Waals surface area contributed by atoms with Crippen molar-refractivity contribution in [3.8, 4) is 0 Å². The fourth-order valence-corrected chi connectivity index (χ4v) is 2.76. The minimum Gasteiger partial charge on any atom is -0.478 e. The summed E-state index contributed by atoms with van der Waals surface area (Å²) in [5, 5.41) is 9.23. The summed E-state index contributed by atoms with van der Waals surface area (Å²) in [7, 11) is 0. The quantitative estimate of drug-likeness (QED) is 0.857. The fraction of sp³-hybridized carbons (Fsp3) is 0.250. The Balaban J connectivity index is 2.11. The zero-order chi connectivity index (χ0) is 15.0. The van der Waals surface area contributed by atoms with E-state index < -0.39 is 5.97 Å². The smallest absolute Gasteiger partial charge is 0.337 e. The van der Waals surface area contributed by atoms with Crippen molar-refractivity contribution in [2.75, 3.05) is 0 Å². The molecule has 0 aromatic carbocycles. The molecule has 0 fully saturated rings. The average Bonchev–Trinajstić information content (AvgIpc) is 3.13. The highest BCUT2D eigenvalue weighted by atomic mass is 16.4. The van der Waals surface area contributed by atoms with Gasteiger partial charge in [-0.1, -0.05) is 13.3 Å². The van der Waals surface area contributed by atoms with Gasteiger partial charge in [0.05, 0.1) is 28.8 Å². The number of carbonyl (C=O) groups is 2. The fourth-order valence-electron chi connectivity index (χ4n) is 2.76. The Bertz CT molecular complexity index is 735. The minimum absolute atomic E-state index is 0.126. The van der Waals surface area contributed by atoms with Crippen LogP contribution in [0.2, 0.25) is 0 Å². The van der Waals surface area contributed by atoms with Crippen LogP contribution in [0.1, 0.15) is 40.7 Å². The lowest BCUT2D eigenvalue weighted by Gasteiger charge is -2.07. The largest absolute Gasteiger partial charge is 0.478 e. The van der Waals surface area contributed by atoms with E-state index in [0.717, 1.165) is 18.4 Å². The number of hydrogen-bond acceptors (Lipinski definition) is 3. The van der Waals surface area contributed by atoms with E-state index in [9.17, 15) is 14.7 Å². The molecule has 108 valence electrons. The summed E-state index contributed by atoms with van der Waals surface area (Å²) >= 11 is 0. The molecule has 0 unspecified atom stereocenters. The molecule has 1 aliphatic heterocycles. The Kier molecular flexibility index (Phi) is 3.25. The lowest BCUT2D eigenvalue weighted by molar-refractivity contribution is -0.130. The van der Waals surface area contributed by atoms with Crippen molar-refractivity contribution in [2.45, 2.75) is 26.3 Å². The summed E-state index contributed by atoms with van der Waals surface area (Å²) in [5.41, 5.74) is 2.82. The van der Waals surface area contributed by atoms with E-state index in [-0.39, 0.29) is 11.4 Å². The summed E-state index contributed by atoms with van der Waals surface area (Å²) < 4.78 is 6.76. The second-order valence-corrected chi connectivity index (χ2v) is 5.03. The van der Waals surface area contributed by atoms with Crippen LogP contribution >= 0.6 is 0 Å². The molecule has 1 N–H and O–H groups in total. The molecule has 5 nitrogen and oxygen atoms in total. The molecule has 0 spiro atoms. The number of hydrogen-bond donors (Lipinski definition) is 1. The highest BCUT2D eigenvalue weighted by Gasteiger charge is 2.28. The van der Waals surface area contributed by atoms with Gasteiger partial charge in [-0.3, -0.25) is 4.79 Å². The summed E-state index contributed by atoms with van der Waals surface area (Å²) in [5.74, 6) is -1.09. The van der Waals surface area contributed by atoms with Gasteiger partial charge in [-0.2, -0.15) is 0 Å². The summed E-state index contributed by atoms with van der Waals surface area (Å²) in [6, 6.07) is 3.45. The molecule has 0 amide bonds. The minimum atomic E-state index is -0.961. The van der Waals surface area contributed by atoms with Gasteiger partial charge in [-0.25, -0.2) is 4.79 Å². The van der Waals surface area contributed by atoms with Gasteiger partial charge < -0.3 is 14.1 Å². The zero-order valence-corrected chi connectivity index (χ0v) is 11.6. The van der Waals surface area contributed by atoms with Crippen LogP contribution in [0.5, 0.6) is 0 Å². The van der Waals surface area contributed by atoms with E-state index in [1.54, 1.807) is 16.7 Å². The molecule has 5 heteroatoms. The third-order valence-corrected chi connectivity index (χ3v) is 3.68. The Morgan fingerprint density at radius 2 is 2.24 bits per heavy atom. The van der Waals surface area contributed by atoms with Gasteiger partial charge in [0, 0.05) is 6.54 Å². The molecular weight excluding hydrogens is 270 g/mol. The van der Waals surface area contributed by atoms with Gasteiger partial charge in [0.15, 0.2) is 0 Å². The molecule has 0 atom stereocenters. The Labute approximate surface area is 121 Å². The van der Waals surface area contributed by atoms with E-state index in [0.29, 0.717) is 23.5 Å². The number of carbonyl (C=O) groups excluding carboxylic acids is 1. The topological polar surface area (TPSA) is 72.4 Å². The molecule has 3 rings (SSSR count). The van der Waals surface area contributed by atoms with Gasteiger partial charge in [-0.15, -0.1) is 0 Å². The van der Waals surface area contributed by atoms with E-state index in [4.69, 9.17) is 4.42 Å². The van der Waals surface area contributed by atoms with Crippen molar-refractivity contribution >= 4 is 17.3 Å². The zero-order valence-electron chi connectivity index (χ0n) is 11.6. The molecule has 0 radical (unpaired) electrons. The first-order valence-electron chi connectivity index (χ1n) is 6.86. The SMILES string of the molecule is CCCc1cc2n(c1C(=O)c1ccoc1)CC=C2C(=O)O. The van der Waals surface area contributed by atoms with Gasteiger partial charge in [0.25, 0.3) is 0 Å². The molecule has 0 saturated heterocycles. The first-order chi connectivity index (χ1) is 10.1. The normalized spacial score (nSPS) is 13.1. The van der Waals surface area contributed by atoms with Crippen LogP contribution in [0.25, 0.3) is 5.57 Å².